The second-order valence-corrected chi connectivity index (χ2v) is 6.07. The van der Waals surface area contributed by atoms with Crippen molar-refractivity contribution in [1.29, 1.82) is 0 Å². The average molecular weight is 299 g/mol. The highest BCUT2D eigenvalue weighted by molar-refractivity contribution is 6.22. The maximum Gasteiger partial charge on any atom is 0.335 e. The molecule has 0 radical (unpaired) electrons. The van der Waals surface area contributed by atoms with Crippen molar-refractivity contribution in [1.82, 2.24) is 0 Å². The van der Waals surface area contributed by atoms with Crippen molar-refractivity contribution in [2.45, 2.75) is 20.3 Å². The predicted octanol–water partition coefficient (Wildman–Crippen LogP) is 2.48. The minimum Gasteiger partial charge on any atom is -0.478 e. The molecule has 3 rings (SSSR count). The summed E-state index contributed by atoms with van der Waals surface area (Å²) in [5, 5.41) is 8.92. The maximum atomic E-state index is 12.6. The van der Waals surface area contributed by atoms with Gasteiger partial charge < -0.3 is 5.11 Å². The molecule has 22 heavy (non-hydrogen) atoms. The van der Waals surface area contributed by atoms with E-state index in [2.05, 4.69) is 6.08 Å². The molecule has 2 amide bonds. The van der Waals surface area contributed by atoms with Gasteiger partial charge in [-0.3, -0.25) is 14.5 Å². The van der Waals surface area contributed by atoms with Crippen molar-refractivity contribution < 1.29 is 19.5 Å². The lowest BCUT2D eigenvalue weighted by atomic mass is 9.76. The standard InChI is InChI=1S/C17H17NO4/c1-9-7-10(2)14-13(8-9)15(19)18(16(14)20)12-5-3-11(4-6-12)17(21)22/h3-7,10,13-14H,8H2,1-2H3,(H,21,22)/t10-,13+,14-/m1/s1. The van der Waals surface area contributed by atoms with Crippen molar-refractivity contribution in [3.63, 3.8) is 0 Å². The first-order valence-corrected chi connectivity index (χ1v) is 7.28. The van der Waals surface area contributed by atoms with Crippen LogP contribution in [0, 0.1) is 17.8 Å². The Morgan fingerprint density at radius 2 is 1.82 bits per heavy atom. The molecule has 0 unspecified atom stereocenters. The van der Waals surface area contributed by atoms with Crippen LogP contribution >= 0.6 is 0 Å². The molecule has 114 valence electrons. The van der Waals surface area contributed by atoms with Gasteiger partial charge in [0.15, 0.2) is 0 Å². The molecule has 1 aliphatic carbocycles. The Bertz CT molecular complexity index is 689. The first-order valence-electron chi connectivity index (χ1n) is 7.28. The Kier molecular flexibility index (Phi) is 3.35. The number of fused-ring (bicyclic) bond motifs is 1. The monoisotopic (exact) mass is 299 g/mol. The quantitative estimate of drug-likeness (QED) is 0.672. The van der Waals surface area contributed by atoms with E-state index in [1.807, 2.05) is 13.8 Å². The van der Waals surface area contributed by atoms with E-state index in [0.717, 1.165) is 5.57 Å². The number of anilines is 1. The van der Waals surface area contributed by atoms with Gasteiger partial charge in [-0.15, -0.1) is 0 Å². The summed E-state index contributed by atoms with van der Waals surface area (Å²) in [6, 6.07) is 5.85. The number of rotatable bonds is 2. The maximum absolute atomic E-state index is 12.6. The highest BCUT2D eigenvalue weighted by atomic mass is 16.4. The number of carbonyl (C=O) groups excluding carboxylic acids is 2. The highest BCUT2D eigenvalue weighted by Gasteiger charge is 2.51. The fraction of sp³-hybridized carbons (Fsp3) is 0.353. The first-order chi connectivity index (χ1) is 10.4. The molecule has 5 nitrogen and oxygen atoms in total. The van der Waals surface area contributed by atoms with Crippen LogP contribution in [0.15, 0.2) is 35.9 Å². The molecule has 0 aromatic heterocycles. The Hall–Kier alpha value is -2.43. The van der Waals surface area contributed by atoms with Gasteiger partial charge in [0.25, 0.3) is 0 Å². The van der Waals surface area contributed by atoms with Gasteiger partial charge in [-0.25, -0.2) is 4.79 Å². The van der Waals surface area contributed by atoms with E-state index in [1.165, 1.54) is 29.2 Å². The number of nitrogens with zero attached hydrogens (tertiary/aromatic N) is 1. The van der Waals surface area contributed by atoms with Crippen molar-refractivity contribution in [2.24, 2.45) is 17.8 Å². The molecule has 2 aliphatic rings. The van der Waals surface area contributed by atoms with E-state index in [4.69, 9.17) is 5.11 Å². The summed E-state index contributed by atoms with van der Waals surface area (Å²) in [4.78, 5) is 37.4. The number of hydrogen-bond acceptors (Lipinski definition) is 3. The molecule has 1 aromatic carbocycles. The fourth-order valence-electron chi connectivity index (χ4n) is 3.53. The molecule has 1 saturated heterocycles. The van der Waals surface area contributed by atoms with Crippen molar-refractivity contribution >= 4 is 23.5 Å². The zero-order valence-corrected chi connectivity index (χ0v) is 12.4. The Labute approximate surface area is 128 Å². The van der Waals surface area contributed by atoms with Gasteiger partial charge in [-0.05, 0) is 43.5 Å². The largest absolute Gasteiger partial charge is 0.478 e. The van der Waals surface area contributed by atoms with Crippen LogP contribution in [0.4, 0.5) is 5.69 Å². The van der Waals surface area contributed by atoms with Gasteiger partial charge in [-0.1, -0.05) is 18.6 Å². The van der Waals surface area contributed by atoms with Gasteiger partial charge in [-0.2, -0.15) is 0 Å². The van der Waals surface area contributed by atoms with Crippen LogP contribution in [-0.4, -0.2) is 22.9 Å². The lowest BCUT2D eigenvalue weighted by Crippen LogP contribution is -2.31. The van der Waals surface area contributed by atoms with Crippen LogP contribution in [0.2, 0.25) is 0 Å². The van der Waals surface area contributed by atoms with Crippen LogP contribution < -0.4 is 4.90 Å². The van der Waals surface area contributed by atoms with Gasteiger partial charge >= 0.3 is 5.97 Å². The second-order valence-electron chi connectivity index (χ2n) is 6.07. The molecule has 1 aromatic rings. The van der Waals surface area contributed by atoms with E-state index in [0.29, 0.717) is 12.1 Å². The molecule has 5 heteroatoms. The molecular weight excluding hydrogens is 282 g/mol. The summed E-state index contributed by atoms with van der Waals surface area (Å²) in [5.74, 6) is -1.97. The molecule has 0 saturated carbocycles. The molecule has 1 aliphatic heterocycles. The van der Waals surface area contributed by atoms with Gasteiger partial charge in [0.2, 0.25) is 11.8 Å². The smallest absolute Gasteiger partial charge is 0.335 e. The summed E-state index contributed by atoms with van der Waals surface area (Å²) < 4.78 is 0. The van der Waals surface area contributed by atoms with Crippen molar-refractivity contribution in [3.8, 4) is 0 Å². The topological polar surface area (TPSA) is 74.7 Å². The minimum absolute atomic E-state index is 0.0403. The lowest BCUT2D eigenvalue weighted by Gasteiger charge is -2.25. The number of imide groups is 1. The summed E-state index contributed by atoms with van der Waals surface area (Å²) in [6.45, 7) is 3.94. The predicted molar refractivity (Wildman–Crippen MR) is 80.4 cm³/mol. The minimum atomic E-state index is -1.03. The normalized spacial score (nSPS) is 27.6. The number of aromatic carboxylic acids is 1. The van der Waals surface area contributed by atoms with Gasteiger partial charge in [0, 0.05) is 0 Å². The number of carboxylic acid groups (broad SMARTS) is 1. The molecule has 1 heterocycles. The fourth-order valence-corrected chi connectivity index (χ4v) is 3.53. The number of hydrogen-bond donors (Lipinski definition) is 1. The Morgan fingerprint density at radius 3 is 2.41 bits per heavy atom. The van der Waals surface area contributed by atoms with Gasteiger partial charge in [0.05, 0.1) is 23.1 Å². The summed E-state index contributed by atoms with van der Waals surface area (Å²) in [7, 11) is 0. The first kappa shape index (κ1) is 14.5. The summed E-state index contributed by atoms with van der Waals surface area (Å²) in [5.41, 5.74) is 1.71. The van der Waals surface area contributed by atoms with E-state index in [1.54, 1.807) is 0 Å². The zero-order valence-electron chi connectivity index (χ0n) is 12.4. The summed E-state index contributed by atoms with van der Waals surface area (Å²) in [6.07, 6.45) is 2.67. The van der Waals surface area contributed by atoms with Crippen LogP contribution in [-0.2, 0) is 9.59 Å². The third kappa shape index (κ3) is 2.13. The van der Waals surface area contributed by atoms with Crippen LogP contribution in [0.25, 0.3) is 0 Å². The SMILES string of the molecule is CC1=C[C@@H](C)[C@H]2C(=O)N(c3ccc(C(=O)O)cc3)C(=O)[C@H]2C1. The third-order valence-electron chi connectivity index (χ3n) is 4.50. The number of amides is 2. The van der Waals surface area contributed by atoms with Crippen molar-refractivity contribution in [3.05, 3.63) is 41.5 Å². The highest BCUT2D eigenvalue weighted by Crippen LogP contribution is 2.42. The van der Waals surface area contributed by atoms with E-state index in [-0.39, 0.29) is 35.1 Å². The molecule has 1 N–H and O–H groups in total. The van der Waals surface area contributed by atoms with Crippen molar-refractivity contribution in [2.75, 3.05) is 4.90 Å². The molecular formula is C17H17NO4. The van der Waals surface area contributed by atoms with Gasteiger partial charge in [0.1, 0.15) is 0 Å². The Balaban J connectivity index is 1.94. The van der Waals surface area contributed by atoms with E-state index < -0.39 is 5.97 Å². The second kappa shape index (κ2) is 5.09. The zero-order chi connectivity index (χ0) is 16.0. The number of benzene rings is 1. The lowest BCUT2D eigenvalue weighted by molar-refractivity contribution is -0.122. The number of carboxylic acids is 1. The van der Waals surface area contributed by atoms with E-state index >= 15 is 0 Å². The summed E-state index contributed by atoms with van der Waals surface area (Å²) >= 11 is 0. The molecule has 0 spiro atoms. The molecule has 0 bridgehead atoms. The Morgan fingerprint density at radius 1 is 1.18 bits per heavy atom. The average Bonchev–Trinajstić information content (AvgIpc) is 2.70. The third-order valence-corrected chi connectivity index (χ3v) is 4.50. The molecule has 1 fully saturated rings. The van der Waals surface area contributed by atoms with Crippen LogP contribution in [0.3, 0.4) is 0 Å². The number of carbonyl (C=O) groups is 3. The van der Waals surface area contributed by atoms with Crippen LogP contribution in [0.1, 0.15) is 30.6 Å². The molecule has 3 atom stereocenters. The van der Waals surface area contributed by atoms with Crippen LogP contribution in [0.5, 0.6) is 0 Å². The number of allylic oxidation sites excluding steroid dienone is 2. The van der Waals surface area contributed by atoms with E-state index in [9.17, 15) is 14.4 Å².